The van der Waals surface area contributed by atoms with Crippen LogP contribution in [0, 0.1) is 12.8 Å². The van der Waals surface area contributed by atoms with Crippen LogP contribution in [0.5, 0.6) is 0 Å². The van der Waals surface area contributed by atoms with Crippen LogP contribution in [0.2, 0.25) is 0 Å². The van der Waals surface area contributed by atoms with Gasteiger partial charge in [-0.3, -0.25) is 4.79 Å². The van der Waals surface area contributed by atoms with Gasteiger partial charge in [0.1, 0.15) is 0 Å². The summed E-state index contributed by atoms with van der Waals surface area (Å²) in [6.07, 6.45) is 9.92. The van der Waals surface area contributed by atoms with Crippen LogP contribution in [0.15, 0.2) is 77.7 Å². The van der Waals surface area contributed by atoms with Gasteiger partial charge in [-0.15, -0.1) is 11.8 Å². The first-order chi connectivity index (χ1) is 20.4. The van der Waals surface area contributed by atoms with Crippen LogP contribution in [0.4, 0.5) is 0 Å². The maximum absolute atomic E-state index is 13.4. The van der Waals surface area contributed by atoms with Crippen molar-refractivity contribution in [3.05, 3.63) is 89.5 Å². The fourth-order valence-corrected chi connectivity index (χ4v) is 7.03. The molecule has 224 valence electrons. The first-order valence-corrected chi connectivity index (χ1v) is 17.3. The van der Waals surface area contributed by atoms with E-state index in [0.717, 1.165) is 34.4 Å². The molecule has 2 atom stereocenters. The maximum atomic E-state index is 13.4. The SMILES string of the molecule is CSCC[C@H](NC(=O)c1ccc(COC(CSc2ccccc2)CC2CCCCC2)cc1-c1ccccc1C)C(=O)[O-].[Li+]. The van der Waals surface area contributed by atoms with E-state index in [1.807, 2.05) is 67.4 Å². The summed E-state index contributed by atoms with van der Waals surface area (Å²) in [5, 5.41) is 14.4. The Morgan fingerprint density at radius 3 is 2.40 bits per heavy atom. The Hall–Kier alpha value is -2.14. The zero-order valence-electron chi connectivity index (χ0n) is 25.7. The summed E-state index contributed by atoms with van der Waals surface area (Å²) in [7, 11) is 0. The van der Waals surface area contributed by atoms with Gasteiger partial charge in [-0.1, -0.05) is 80.6 Å². The summed E-state index contributed by atoms with van der Waals surface area (Å²) in [4.78, 5) is 26.4. The number of rotatable bonds is 15. The van der Waals surface area contributed by atoms with Crippen LogP contribution in [-0.4, -0.2) is 41.8 Å². The Morgan fingerprint density at radius 2 is 1.70 bits per heavy atom. The van der Waals surface area contributed by atoms with Gasteiger partial charge in [0, 0.05) is 16.2 Å². The number of ether oxygens (including phenoxy) is 1. The maximum Gasteiger partial charge on any atom is 1.00 e. The number of aliphatic carboxylic acids is 1. The molecule has 43 heavy (non-hydrogen) atoms. The predicted octanol–water partition coefficient (Wildman–Crippen LogP) is 3.92. The molecule has 1 amide bonds. The standard InChI is InChI=1S/C35H43NO4S2.Li/c1-25-11-9-10-16-30(25)32-22-27(17-18-31(32)34(37)36-33(35(38)39)19-20-41-2)23-40-28(21-26-12-5-3-6-13-26)24-42-29-14-7-4-8-15-29;/h4,7-11,14-18,22,26,28,33H,3,5-6,12-13,19-21,23-24H2,1-2H3,(H,36,37)(H,38,39);/q;+1/p-1/t28?,33-;/m0./s1. The van der Waals surface area contributed by atoms with Crippen LogP contribution in [0.3, 0.4) is 0 Å². The molecule has 4 rings (SSSR count). The summed E-state index contributed by atoms with van der Waals surface area (Å²) < 4.78 is 6.60. The van der Waals surface area contributed by atoms with Gasteiger partial charge in [-0.25, -0.2) is 0 Å². The molecule has 5 nitrogen and oxygen atoms in total. The molecule has 3 aromatic carbocycles. The Morgan fingerprint density at radius 1 is 0.977 bits per heavy atom. The van der Waals surface area contributed by atoms with E-state index in [1.165, 1.54) is 48.8 Å². The quantitative estimate of drug-likeness (QED) is 0.208. The molecule has 8 heteroatoms. The number of aryl methyl sites for hydroxylation is 1. The molecular formula is C35H42LiNO4S2. The first kappa shape index (κ1) is 35.3. The molecule has 0 saturated heterocycles. The number of amides is 1. The van der Waals surface area contributed by atoms with Crippen LogP contribution in [0.1, 0.15) is 66.4 Å². The fourth-order valence-electron chi connectivity index (χ4n) is 5.60. The van der Waals surface area contributed by atoms with E-state index in [1.54, 1.807) is 6.07 Å². The third-order valence-corrected chi connectivity index (χ3v) is 9.74. The zero-order valence-corrected chi connectivity index (χ0v) is 27.3. The van der Waals surface area contributed by atoms with Crippen molar-refractivity contribution in [1.29, 1.82) is 0 Å². The van der Waals surface area contributed by atoms with Gasteiger partial charge in [-0.05, 0) is 84.2 Å². The predicted molar refractivity (Wildman–Crippen MR) is 173 cm³/mol. The molecule has 0 radical (unpaired) electrons. The Labute approximate surface area is 277 Å². The summed E-state index contributed by atoms with van der Waals surface area (Å²) in [5.41, 5.74) is 4.19. The second kappa shape index (κ2) is 18.6. The number of nitrogens with one attached hydrogen (secondary N) is 1. The van der Waals surface area contributed by atoms with Gasteiger partial charge in [0.2, 0.25) is 0 Å². The zero-order chi connectivity index (χ0) is 29.7. The van der Waals surface area contributed by atoms with Crippen LogP contribution in [0.25, 0.3) is 11.1 Å². The number of carboxylic acid groups (broad SMARTS) is 1. The Balaban J connectivity index is 0.00000506. The normalized spacial score (nSPS) is 14.8. The van der Waals surface area contributed by atoms with E-state index in [9.17, 15) is 14.7 Å². The number of hydrogen-bond donors (Lipinski definition) is 1. The van der Waals surface area contributed by atoms with Gasteiger partial charge in [0.25, 0.3) is 5.91 Å². The second-order valence-electron chi connectivity index (χ2n) is 11.1. The minimum absolute atomic E-state index is 0. The van der Waals surface area contributed by atoms with E-state index >= 15 is 0 Å². The van der Waals surface area contributed by atoms with Gasteiger partial charge in [-0.2, -0.15) is 11.8 Å². The summed E-state index contributed by atoms with van der Waals surface area (Å²) in [6.45, 7) is 2.46. The Bertz CT molecular complexity index is 1300. The molecule has 0 bridgehead atoms. The number of carboxylic acids is 1. The second-order valence-corrected chi connectivity index (χ2v) is 13.2. The Kier molecular flexibility index (Phi) is 15.3. The summed E-state index contributed by atoms with van der Waals surface area (Å²) in [6, 6.07) is 23.1. The van der Waals surface area contributed by atoms with E-state index < -0.39 is 17.9 Å². The van der Waals surface area contributed by atoms with E-state index in [2.05, 4.69) is 29.6 Å². The third kappa shape index (κ3) is 11.1. The van der Waals surface area contributed by atoms with Crippen molar-refractivity contribution in [3.63, 3.8) is 0 Å². The molecule has 0 heterocycles. The largest absolute Gasteiger partial charge is 1.00 e. The van der Waals surface area contributed by atoms with Crippen LogP contribution < -0.4 is 29.3 Å². The van der Waals surface area contributed by atoms with E-state index in [4.69, 9.17) is 4.74 Å². The van der Waals surface area contributed by atoms with Crippen molar-refractivity contribution in [2.24, 2.45) is 5.92 Å². The minimum atomic E-state index is -1.27. The molecule has 1 N–H and O–H groups in total. The van der Waals surface area contributed by atoms with Gasteiger partial charge < -0.3 is 20.0 Å². The molecule has 3 aromatic rings. The fraction of sp³-hybridized carbons (Fsp3) is 0.429. The topological polar surface area (TPSA) is 78.5 Å². The van der Waals surface area contributed by atoms with Crippen molar-refractivity contribution in [2.45, 2.75) is 75.5 Å². The summed E-state index contributed by atoms with van der Waals surface area (Å²) in [5.74, 6) is 0.538. The monoisotopic (exact) mass is 611 g/mol. The molecule has 1 aliphatic rings. The number of carbonyl (C=O) groups excluding carboxylic acids is 2. The molecular weight excluding hydrogens is 569 g/mol. The molecule has 1 unspecified atom stereocenters. The average molecular weight is 612 g/mol. The molecule has 0 aromatic heterocycles. The van der Waals surface area contributed by atoms with E-state index in [0.29, 0.717) is 30.3 Å². The minimum Gasteiger partial charge on any atom is -0.548 e. The van der Waals surface area contributed by atoms with Gasteiger partial charge >= 0.3 is 18.9 Å². The van der Waals surface area contributed by atoms with Crippen molar-refractivity contribution < 1.29 is 38.3 Å². The molecule has 0 spiro atoms. The molecule has 1 saturated carbocycles. The van der Waals surface area contributed by atoms with Gasteiger partial charge in [0.05, 0.1) is 24.7 Å². The smallest absolute Gasteiger partial charge is 0.548 e. The van der Waals surface area contributed by atoms with Crippen LogP contribution in [-0.2, 0) is 16.1 Å². The molecule has 1 aliphatic carbocycles. The number of carbonyl (C=O) groups is 2. The van der Waals surface area contributed by atoms with Gasteiger partial charge in [0.15, 0.2) is 0 Å². The number of thioether (sulfide) groups is 2. The number of hydrogen-bond acceptors (Lipinski definition) is 6. The molecule has 1 fully saturated rings. The van der Waals surface area contributed by atoms with Crippen molar-refractivity contribution in [2.75, 3.05) is 17.8 Å². The molecule has 0 aliphatic heterocycles. The van der Waals surface area contributed by atoms with E-state index in [-0.39, 0.29) is 25.0 Å². The average Bonchev–Trinajstić information content (AvgIpc) is 3.01. The van der Waals surface area contributed by atoms with Crippen LogP contribution >= 0.6 is 23.5 Å². The third-order valence-electron chi connectivity index (χ3n) is 7.95. The van der Waals surface area contributed by atoms with Crippen molar-refractivity contribution in [3.8, 4) is 11.1 Å². The van der Waals surface area contributed by atoms with Crippen molar-refractivity contribution in [1.82, 2.24) is 5.32 Å². The summed E-state index contributed by atoms with van der Waals surface area (Å²) >= 11 is 3.38. The number of benzene rings is 3. The first-order valence-electron chi connectivity index (χ1n) is 14.9. The van der Waals surface area contributed by atoms with Crippen molar-refractivity contribution >= 4 is 35.4 Å².